The Bertz CT molecular complexity index is 390. The van der Waals surface area contributed by atoms with Crippen LogP contribution in [0, 0.1) is 0 Å². The zero-order valence-electron chi connectivity index (χ0n) is 9.81. The lowest BCUT2D eigenvalue weighted by Gasteiger charge is -2.16. The zero-order chi connectivity index (χ0) is 11.5. The van der Waals surface area contributed by atoms with E-state index in [-0.39, 0.29) is 5.91 Å². The summed E-state index contributed by atoms with van der Waals surface area (Å²) in [6, 6.07) is 3.68. The predicted molar refractivity (Wildman–Crippen MR) is 62.1 cm³/mol. The Balaban J connectivity index is 1.94. The second-order valence-corrected chi connectivity index (χ2v) is 4.38. The smallest absolute Gasteiger partial charge is 0.256 e. The molecule has 1 aliphatic rings. The summed E-state index contributed by atoms with van der Waals surface area (Å²) in [7, 11) is 4.09. The molecule has 2 heterocycles. The molecule has 0 radical (unpaired) electrons. The monoisotopic (exact) mass is 219 g/mol. The highest BCUT2D eigenvalue weighted by molar-refractivity contribution is 5.97. The number of nitrogens with zero attached hydrogens (tertiary/aromatic N) is 3. The third-order valence-electron chi connectivity index (χ3n) is 2.78. The van der Waals surface area contributed by atoms with E-state index in [1.807, 2.05) is 31.1 Å². The first-order chi connectivity index (χ1) is 7.68. The number of hydrogen-bond donors (Lipinski definition) is 0. The Morgan fingerprint density at radius 3 is 3.00 bits per heavy atom. The van der Waals surface area contributed by atoms with Crippen molar-refractivity contribution >= 4 is 5.91 Å². The lowest BCUT2D eigenvalue weighted by Crippen LogP contribution is -2.27. The number of pyridine rings is 1. The van der Waals surface area contributed by atoms with Crippen molar-refractivity contribution in [1.82, 2.24) is 14.8 Å². The molecule has 1 amide bonds. The SMILES string of the molecule is CN(C)CCCN1Cc2ncccc2C1=O. The molecular formula is C12H17N3O. The Kier molecular flexibility index (Phi) is 3.19. The molecule has 4 heteroatoms. The highest BCUT2D eigenvalue weighted by atomic mass is 16.2. The van der Waals surface area contributed by atoms with Crippen LogP contribution in [0.3, 0.4) is 0 Å². The number of carbonyl (C=O) groups excluding carboxylic acids is 1. The normalized spacial score (nSPS) is 14.7. The summed E-state index contributed by atoms with van der Waals surface area (Å²) >= 11 is 0. The zero-order valence-corrected chi connectivity index (χ0v) is 9.81. The van der Waals surface area contributed by atoms with Crippen molar-refractivity contribution in [2.45, 2.75) is 13.0 Å². The van der Waals surface area contributed by atoms with Crippen LogP contribution in [0.4, 0.5) is 0 Å². The summed E-state index contributed by atoms with van der Waals surface area (Å²) < 4.78 is 0. The van der Waals surface area contributed by atoms with Crippen LogP contribution < -0.4 is 0 Å². The molecule has 4 nitrogen and oxygen atoms in total. The van der Waals surface area contributed by atoms with Gasteiger partial charge in [-0.1, -0.05) is 0 Å². The Hall–Kier alpha value is -1.42. The predicted octanol–water partition coefficient (Wildman–Crippen LogP) is 0.989. The molecule has 1 aromatic rings. The van der Waals surface area contributed by atoms with Gasteiger partial charge in [0.25, 0.3) is 5.91 Å². The van der Waals surface area contributed by atoms with E-state index in [1.54, 1.807) is 6.20 Å². The fourth-order valence-electron chi connectivity index (χ4n) is 1.94. The summed E-state index contributed by atoms with van der Waals surface area (Å²) in [4.78, 5) is 20.2. The number of carbonyl (C=O) groups is 1. The summed E-state index contributed by atoms with van der Waals surface area (Å²) in [6.45, 7) is 2.49. The average molecular weight is 219 g/mol. The summed E-state index contributed by atoms with van der Waals surface area (Å²) in [5.41, 5.74) is 1.68. The highest BCUT2D eigenvalue weighted by Crippen LogP contribution is 2.19. The van der Waals surface area contributed by atoms with Crippen LogP contribution in [0.2, 0.25) is 0 Å². The summed E-state index contributed by atoms with van der Waals surface area (Å²) in [6.07, 6.45) is 2.75. The van der Waals surface area contributed by atoms with Gasteiger partial charge in [0.2, 0.25) is 0 Å². The number of rotatable bonds is 4. The van der Waals surface area contributed by atoms with E-state index in [4.69, 9.17) is 0 Å². The van der Waals surface area contributed by atoms with Crippen molar-refractivity contribution in [2.24, 2.45) is 0 Å². The number of aromatic nitrogens is 1. The molecule has 0 bridgehead atoms. The van der Waals surface area contributed by atoms with Crippen LogP contribution in [-0.4, -0.2) is 47.9 Å². The fraction of sp³-hybridized carbons (Fsp3) is 0.500. The average Bonchev–Trinajstić information content (AvgIpc) is 2.56. The molecule has 2 rings (SSSR count). The third-order valence-corrected chi connectivity index (χ3v) is 2.78. The molecule has 0 saturated heterocycles. The highest BCUT2D eigenvalue weighted by Gasteiger charge is 2.27. The molecule has 0 unspecified atom stereocenters. The van der Waals surface area contributed by atoms with Crippen molar-refractivity contribution in [3.05, 3.63) is 29.6 Å². The Morgan fingerprint density at radius 1 is 1.50 bits per heavy atom. The van der Waals surface area contributed by atoms with Gasteiger partial charge in [0.15, 0.2) is 0 Å². The van der Waals surface area contributed by atoms with E-state index in [0.717, 1.165) is 30.8 Å². The molecule has 0 fully saturated rings. The first-order valence-corrected chi connectivity index (χ1v) is 5.56. The van der Waals surface area contributed by atoms with Gasteiger partial charge in [-0.25, -0.2) is 0 Å². The molecule has 16 heavy (non-hydrogen) atoms. The standard InChI is InChI=1S/C12H17N3O/c1-14(2)7-4-8-15-9-11-10(12(15)16)5-3-6-13-11/h3,5-6H,4,7-9H2,1-2H3. The minimum Gasteiger partial charge on any atom is -0.333 e. The van der Waals surface area contributed by atoms with E-state index in [2.05, 4.69) is 9.88 Å². The van der Waals surface area contributed by atoms with Gasteiger partial charge in [-0.05, 0) is 39.2 Å². The minimum atomic E-state index is 0.127. The van der Waals surface area contributed by atoms with Crippen molar-refractivity contribution in [2.75, 3.05) is 27.2 Å². The van der Waals surface area contributed by atoms with Gasteiger partial charge in [-0.2, -0.15) is 0 Å². The maximum absolute atomic E-state index is 11.9. The van der Waals surface area contributed by atoms with Gasteiger partial charge in [-0.15, -0.1) is 0 Å². The third kappa shape index (κ3) is 2.22. The molecule has 1 aliphatic heterocycles. The van der Waals surface area contributed by atoms with E-state index in [9.17, 15) is 4.79 Å². The van der Waals surface area contributed by atoms with Gasteiger partial charge in [0.1, 0.15) is 0 Å². The maximum Gasteiger partial charge on any atom is 0.256 e. The van der Waals surface area contributed by atoms with Gasteiger partial charge in [0, 0.05) is 12.7 Å². The largest absolute Gasteiger partial charge is 0.333 e. The van der Waals surface area contributed by atoms with Gasteiger partial charge in [0.05, 0.1) is 17.8 Å². The molecule has 0 saturated carbocycles. The van der Waals surface area contributed by atoms with E-state index in [1.165, 1.54) is 0 Å². The molecule has 0 atom stereocenters. The number of hydrogen-bond acceptors (Lipinski definition) is 3. The molecular weight excluding hydrogens is 202 g/mol. The van der Waals surface area contributed by atoms with Crippen LogP contribution in [0.5, 0.6) is 0 Å². The van der Waals surface area contributed by atoms with E-state index in [0.29, 0.717) is 6.54 Å². The lowest BCUT2D eigenvalue weighted by atomic mass is 10.2. The first-order valence-electron chi connectivity index (χ1n) is 5.56. The van der Waals surface area contributed by atoms with Gasteiger partial charge >= 0.3 is 0 Å². The molecule has 0 aliphatic carbocycles. The fourth-order valence-corrected chi connectivity index (χ4v) is 1.94. The maximum atomic E-state index is 11.9. The molecule has 0 N–H and O–H groups in total. The van der Waals surface area contributed by atoms with Crippen LogP contribution in [-0.2, 0) is 6.54 Å². The first kappa shape index (κ1) is 11.1. The number of amides is 1. The lowest BCUT2D eigenvalue weighted by molar-refractivity contribution is 0.0773. The second-order valence-electron chi connectivity index (χ2n) is 4.38. The molecule has 1 aromatic heterocycles. The minimum absolute atomic E-state index is 0.127. The van der Waals surface area contributed by atoms with Crippen LogP contribution in [0.25, 0.3) is 0 Å². The van der Waals surface area contributed by atoms with E-state index >= 15 is 0 Å². The van der Waals surface area contributed by atoms with Crippen molar-refractivity contribution < 1.29 is 4.79 Å². The molecule has 0 spiro atoms. The van der Waals surface area contributed by atoms with Crippen LogP contribution >= 0.6 is 0 Å². The topological polar surface area (TPSA) is 36.4 Å². The second kappa shape index (κ2) is 4.61. The van der Waals surface area contributed by atoms with Crippen molar-refractivity contribution in [3.8, 4) is 0 Å². The Labute approximate surface area is 95.9 Å². The van der Waals surface area contributed by atoms with Crippen LogP contribution in [0.1, 0.15) is 22.5 Å². The van der Waals surface area contributed by atoms with Crippen molar-refractivity contribution in [1.29, 1.82) is 0 Å². The van der Waals surface area contributed by atoms with Crippen molar-refractivity contribution in [3.63, 3.8) is 0 Å². The molecule has 86 valence electrons. The quantitative estimate of drug-likeness (QED) is 0.757. The summed E-state index contributed by atoms with van der Waals surface area (Å²) in [5.74, 6) is 0.127. The summed E-state index contributed by atoms with van der Waals surface area (Å²) in [5, 5.41) is 0. The number of fused-ring (bicyclic) bond motifs is 1. The molecule has 0 aromatic carbocycles. The van der Waals surface area contributed by atoms with Crippen LogP contribution in [0.15, 0.2) is 18.3 Å². The van der Waals surface area contributed by atoms with E-state index < -0.39 is 0 Å². The van der Waals surface area contributed by atoms with Gasteiger partial charge in [-0.3, -0.25) is 9.78 Å². The Morgan fingerprint density at radius 2 is 2.31 bits per heavy atom. The van der Waals surface area contributed by atoms with Gasteiger partial charge < -0.3 is 9.80 Å².